The molecule has 25 heavy (non-hydrogen) atoms. The summed E-state index contributed by atoms with van der Waals surface area (Å²) < 4.78 is 0. The van der Waals surface area contributed by atoms with Crippen LogP contribution in [0, 0.1) is 20.8 Å². The van der Waals surface area contributed by atoms with Crippen LogP contribution in [0.2, 0.25) is 0 Å². The van der Waals surface area contributed by atoms with Gasteiger partial charge in [-0.2, -0.15) is 0 Å². The monoisotopic (exact) mass is 336 g/mol. The van der Waals surface area contributed by atoms with E-state index in [9.17, 15) is 4.79 Å². The summed E-state index contributed by atoms with van der Waals surface area (Å²) in [7, 11) is 0. The van der Waals surface area contributed by atoms with Crippen LogP contribution in [0.4, 0.5) is 0 Å². The average Bonchev–Trinajstić information content (AvgIpc) is 3.13. The maximum atomic E-state index is 12.7. The first-order chi connectivity index (χ1) is 12.0. The molecule has 2 aromatic carbocycles. The SMILES string of the molecule is Cc1ccc(C(CNC(=O)c2cc(C)ccc2C)N2CCCC2)cc1. The molecule has 0 spiro atoms. The van der Waals surface area contributed by atoms with E-state index in [1.807, 2.05) is 32.0 Å². The second kappa shape index (κ2) is 7.83. The Morgan fingerprint density at radius 3 is 2.32 bits per heavy atom. The molecule has 0 bridgehead atoms. The fraction of sp³-hybridized carbons (Fsp3) is 0.409. The third kappa shape index (κ3) is 4.29. The molecule has 1 fully saturated rings. The van der Waals surface area contributed by atoms with Gasteiger partial charge in [0.25, 0.3) is 5.91 Å². The van der Waals surface area contributed by atoms with Crippen LogP contribution >= 0.6 is 0 Å². The molecule has 1 atom stereocenters. The van der Waals surface area contributed by atoms with Crippen LogP contribution < -0.4 is 5.32 Å². The van der Waals surface area contributed by atoms with E-state index in [-0.39, 0.29) is 11.9 Å². The van der Waals surface area contributed by atoms with E-state index in [0.29, 0.717) is 6.54 Å². The molecule has 1 heterocycles. The largest absolute Gasteiger partial charge is 0.350 e. The van der Waals surface area contributed by atoms with Crippen molar-refractivity contribution in [1.82, 2.24) is 10.2 Å². The quantitative estimate of drug-likeness (QED) is 0.888. The summed E-state index contributed by atoms with van der Waals surface area (Å²) in [5.74, 6) is 0.0255. The summed E-state index contributed by atoms with van der Waals surface area (Å²) in [6.07, 6.45) is 2.49. The molecular weight excluding hydrogens is 308 g/mol. The highest BCUT2D eigenvalue weighted by Gasteiger charge is 2.24. The lowest BCUT2D eigenvalue weighted by Crippen LogP contribution is -2.37. The van der Waals surface area contributed by atoms with E-state index in [4.69, 9.17) is 0 Å². The standard InChI is InChI=1S/C22H28N2O/c1-16-7-10-19(11-8-16)21(24-12-4-5-13-24)15-23-22(25)20-14-17(2)6-9-18(20)3/h6-11,14,21H,4-5,12-13,15H2,1-3H3,(H,23,25). The number of aryl methyl sites for hydroxylation is 3. The maximum absolute atomic E-state index is 12.7. The molecule has 0 radical (unpaired) electrons. The summed E-state index contributed by atoms with van der Waals surface area (Å²) in [6, 6.07) is 15.0. The van der Waals surface area contributed by atoms with Gasteiger partial charge in [0.2, 0.25) is 0 Å². The molecule has 3 rings (SSSR count). The van der Waals surface area contributed by atoms with Gasteiger partial charge >= 0.3 is 0 Å². The van der Waals surface area contributed by atoms with Crippen molar-refractivity contribution < 1.29 is 4.79 Å². The summed E-state index contributed by atoms with van der Waals surface area (Å²) in [5.41, 5.74) is 5.47. The van der Waals surface area contributed by atoms with Gasteiger partial charge in [-0.05, 0) is 63.9 Å². The van der Waals surface area contributed by atoms with E-state index >= 15 is 0 Å². The number of hydrogen-bond acceptors (Lipinski definition) is 2. The number of nitrogens with one attached hydrogen (secondary N) is 1. The molecule has 1 aliphatic rings. The first-order valence-electron chi connectivity index (χ1n) is 9.20. The summed E-state index contributed by atoms with van der Waals surface area (Å²) in [4.78, 5) is 15.2. The zero-order valence-electron chi connectivity index (χ0n) is 15.5. The van der Waals surface area contributed by atoms with Crippen LogP contribution in [-0.2, 0) is 0 Å². The minimum absolute atomic E-state index is 0.0255. The molecule has 1 aliphatic heterocycles. The van der Waals surface area contributed by atoms with Crippen molar-refractivity contribution in [1.29, 1.82) is 0 Å². The zero-order chi connectivity index (χ0) is 17.8. The lowest BCUT2D eigenvalue weighted by atomic mass is 10.0. The molecule has 1 N–H and O–H groups in total. The number of benzene rings is 2. The van der Waals surface area contributed by atoms with Crippen molar-refractivity contribution in [2.75, 3.05) is 19.6 Å². The highest BCUT2D eigenvalue weighted by atomic mass is 16.1. The fourth-order valence-electron chi connectivity index (χ4n) is 3.56. The van der Waals surface area contributed by atoms with E-state index in [1.165, 1.54) is 24.0 Å². The molecule has 1 saturated heterocycles. The summed E-state index contributed by atoms with van der Waals surface area (Å²) in [5, 5.41) is 3.18. The Labute approximate surface area is 151 Å². The number of amides is 1. The predicted molar refractivity (Wildman–Crippen MR) is 103 cm³/mol. The molecule has 0 aromatic heterocycles. The van der Waals surface area contributed by atoms with Gasteiger partial charge < -0.3 is 5.32 Å². The number of hydrogen-bond donors (Lipinski definition) is 1. The van der Waals surface area contributed by atoms with Crippen molar-refractivity contribution in [2.24, 2.45) is 0 Å². The van der Waals surface area contributed by atoms with Gasteiger partial charge in [-0.15, -0.1) is 0 Å². The topological polar surface area (TPSA) is 32.3 Å². The average molecular weight is 336 g/mol. The number of rotatable bonds is 5. The highest BCUT2D eigenvalue weighted by molar-refractivity contribution is 5.95. The highest BCUT2D eigenvalue weighted by Crippen LogP contribution is 2.25. The van der Waals surface area contributed by atoms with E-state index in [2.05, 4.69) is 41.4 Å². The second-order valence-electron chi connectivity index (χ2n) is 7.20. The fourth-order valence-corrected chi connectivity index (χ4v) is 3.56. The lowest BCUT2D eigenvalue weighted by Gasteiger charge is -2.28. The van der Waals surface area contributed by atoms with Crippen LogP contribution in [-0.4, -0.2) is 30.4 Å². The zero-order valence-corrected chi connectivity index (χ0v) is 15.5. The molecule has 1 amide bonds. The van der Waals surface area contributed by atoms with Crippen LogP contribution in [0.25, 0.3) is 0 Å². The molecule has 0 aliphatic carbocycles. The van der Waals surface area contributed by atoms with Crippen LogP contribution in [0.1, 0.15) is 51.5 Å². The number of nitrogens with zero attached hydrogens (tertiary/aromatic N) is 1. The minimum atomic E-state index is 0.0255. The van der Waals surface area contributed by atoms with Crippen LogP contribution in [0.15, 0.2) is 42.5 Å². The third-order valence-electron chi connectivity index (χ3n) is 5.14. The number of carbonyl (C=O) groups is 1. The molecule has 3 nitrogen and oxygen atoms in total. The van der Waals surface area contributed by atoms with E-state index in [1.54, 1.807) is 0 Å². The first kappa shape index (κ1) is 17.7. The molecule has 1 unspecified atom stereocenters. The first-order valence-corrected chi connectivity index (χ1v) is 9.20. The van der Waals surface area contributed by atoms with Gasteiger partial charge in [-0.25, -0.2) is 0 Å². The van der Waals surface area contributed by atoms with Crippen molar-refractivity contribution in [3.8, 4) is 0 Å². The summed E-state index contributed by atoms with van der Waals surface area (Å²) >= 11 is 0. The third-order valence-corrected chi connectivity index (χ3v) is 5.14. The minimum Gasteiger partial charge on any atom is -0.350 e. The van der Waals surface area contributed by atoms with E-state index < -0.39 is 0 Å². The van der Waals surface area contributed by atoms with Crippen LogP contribution in [0.5, 0.6) is 0 Å². The Kier molecular flexibility index (Phi) is 5.54. The van der Waals surface area contributed by atoms with Crippen molar-refractivity contribution >= 4 is 5.91 Å². The van der Waals surface area contributed by atoms with Crippen LogP contribution in [0.3, 0.4) is 0 Å². The molecule has 3 heteroatoms. The van der Waals surface area contributed by atoms with Crippen molar-refractivity contribution in [3.05, 3.63) is 70.3 Å². The van der Waals surface area contributed by atoms with Gasteiger partial charge in [0.05, 0.1) is 6.04 Å². The van der Waals surface area contributed by atoms with Gasteiger partial charge in [0.15, 0.2) is 0 Å². The van der Waals surface area contributed by atoms with Crippen molar-refractivity contribution in [3.63, 3.8) is 0 Å². The Hall–Kier alpha value is -2.13. The summed E-state index contributed by atoms with van der Waals surface area (Å²) in [6.45, 7) is 8.99. The molecule has 2 aromatic rings. The molecule has 132 valence electrons. The maximum Gasteiger partial charge on any atom is 0.251 e. The molecular formula is C22H28N2O. The second-order valence-corrected chi connectivity index (χ2v) is 7.20. The number of carbonyl (C=O) groups excluding carboxylic acids is 1. The Balaban J connectivity index is 1.75. The predicted octanol–water partition coefficient (Wildman–Crippen LogP) is 4.18. The number of likely N-dealkylation sites (tertiary alicyclic amines) is 1. The Morgan fingerprint density at radius 2 is 1.64 bits per heavy atom. The van der Waals surface area contributed by atoms with E-state index in [0.717, 1.165) is 29.8 Å². The molecule has 0 saturated carbocycles. The van der Waals surface area contributed by atoms with Gasteiger partial charge in [0, 0.05) is 12.1 Å². The smallest absolute Gasteiger partial charge is 0.251 e. The normalized spacial score (nSPS) is 16.0. The van der Waals surface area contributed by atoms with Crippen molar-refractivity contribution in [2.45, 2.75) is 39.7 Å². The Bertz CT molecular complexity index is 730. The Morgan fingerprint density at radius 1 is 1.00 bits per heavy atom. The van der Waals surface area contributed by atoms with Gasteiger partial charge in [-0.1, -0.05) is 47.5 Å². The lowest BCUT2D eigenvalue weighted by molar-refractivity contribution is 0.0937. The van der Waals surface area contributed by atoms with Gasteiger partial charge in [0.1, 0.15) is 0 Å². The van der Waals surface area contributed by atoms with Gasteiger partial charge in [-0.3, -0.25) is 9.69 Å².